The van der Waals surface area contributed by atoms with E-state index in [1.54, 1.807) is 11.5 Å². The molecule has 174 valence electrons. The molecule has 1 amide bonds. The number of aromatic nitrogens is 3. The van der Waals surface area contributed by atoms with Gasteiger partial charge in [-0.2, -0.15) is 0 Å². The standard InChI is InChI=1S/C24H29N5O4/c1-4-17-5-7-18(8-6-17)15-28-10-9-20-23(21(32-3)13-22(30)29(20)12-11-28)24(31)25-14-19-16(2)26-33-27-19/h5-8,13H,4,9-12,14-15H2,1-3H3,(H,25,31). The first-order valence-electron chi connectivity index (χ1n) is 11.2. The summed E-state index contributed by atoms with van der Waals surface area (Å²) in [6, 6.07) is 10.0. The molecule has 0 saturated carbocycles. The van der Waals surface area contributed by atoms with Crippen LogP contribution in [0.3, 0.4) is 0 Å². The maximum atomic E-state index is 13.2. The first-order chi connectivity index (χ1) is 16.0. The number of rotatable bonds is 7. The fourth-order valence-electron chi connectivity index (χ4n) is 4.16. The van der Waals surface area contributed by atoms with Crippen molar-refractivity contribution in [2.75, 3.05) is 20.2 Å². The van der Waals surface area contributed by atoms with Crippen LogP contribution < -0.4 is 15.6 Å². The Kier molecular flexibility index (Phi) is 6.88. The topological polar surface area (TPSA) is 102 Å². The van der Waals surface area contributed by atoms with E-state index in [-0.39, 0.29) is 23.8 Å². The molecule has 3 aromatic rings. The zero-order valence-corrected chi connectivity index (χ0v) is 19.3. The number of carbonyl (C=O) groups is 1. The van der Waals surface area contributed by atoms with Crippen LogP contribution in [0.2, 0.25) is 0 Å². The van der Waals surface area contributed by atoms with Gasteiger partial charge in [0.25, 0.3) is 11.5 Å². The van der Waals surface area contributed by atoms with Gasteiger partial charge in [-0.1, -0.05) is 41.5 Å². The molecule has 0 aliphatic carbocycles. The number of hydrogen-bond donors (Lipinski definition) is 1. The number of hydrogen-bond acceptors (Lipinski definition) is 7. The predicted octanol–water partition coefficient (Wildman–Crippen LogP) is 2.10. The molecule has 0 atom stereocenters. The quantitative estimate of drug-likeness (QED) is 0.587. The van der Waals surface area contributed by atoms with Gasteiger partial charge in [0.1, 0.15) is 22.7 Å². The molecule has 1 aromatic carbocycles. The minimum Gasteiger partial charge on any atom is -0.496 e. The van der Waals surface area contributed by atoms with Crippen molar-refractivity contribution in [2.45, 2.75) is 46.3 Å². The number of carbonyl (C=O) groups excluding carboxylic acids is 1. The van der Waals surface area contributed by atoms with E-state index in [9.17, 15) is 9.59 Å². The molecule has 2 aromatic heterocycles. The molecule has 0 unspecified atom stereocenters. The third kappa shape index (κ3) is 4.98. The molecule has 1 N–H and O–H groups in total. The summed E-state index contributed by atoms with van der Waals surface area (Å²) in [5.41, 5.74) is 4.64. The van der Waals surface area contributed by atoms with E-state index in [1.807, 2.05) is 0 Å². The molecule has 3 heterocycles. The number of methoxy groups -OCH3 is 1. The highest BCUT2D eigenvalue weighted by Crippen LogP contribution is 2.23. The fraction of sp³-hybridized carbons (Fsp3) is 0.417. The lowest BCUT2D eigenvalue weighted by molar-refractivity contribution is 0.0944. The van der Waals surface area contributed by atoms with Crippen LogP contribution in [0, 0.1) is 6.92 Å². The Labute approximate surface area is 192 Å². The average Bonchev–Trinajstić information content (AvgIpc) is 3.12. The van der Waals surface area contributed by atoms with Crippen molar-refractivity contribution in [2.24, 2.45) is 0 Å². The summed E-state index contributed by atoms with van der Waals surface area (Å²) in [6.07, 6.45) is 1.58. The Morgan fingerprint density at radius 3 is 2.58 bits per heavy atom. The Morgan fingerprint density at radius 2 is 1.91 bits per heavy atom. The van der Waals surface area contributed by atoms with E-state index >= 15 is 0 Å². The second kappa shape index (κ2) is 9.99. The summed E-state index contributed by atoms with van der Waals surface area (Å²) < 4.78 is 11.8. The highest BCUT2D eigenvalue weighted by molar-refractivity contribution is 5.98. The average molecular weight is 452 g/mol. The number of nitrogens with one attached hydrogen (secondary N) is 1. The van der Waals surface area contributed by atoms with Gasteiger partial charge in [-0.05, 0) is 24.5 Å². The van der Waals surface area contributed by atoms with Gasteiger partial charge in [0.2, 0.25) is 0 Å². The minimum absolute atomic E-state index is 0.163. The molecule has 1 aliphatic rings. The van der Waals surface area contributed by atoms with E-state index in [0.29, 0.717) is 35.6 Å². The molecule has 0 spiro atoms. The lowest BCUT2D eigenvalue weighted by Crippen LogP contribution is -2.31. The van der Waals surface area contributed by atoms with Gasteiger partial charge in [-0.3, -0.25) is 14.5 Å². The Balaban J connectivity index is 1.55. The van der Waals surface area contributed by atoms with Crippen molar-refractivity contribution in [1.29, 1.82) is 0 Å². The molecular formula is C24H29N5O4. The van der Waals surface area contributed by atoms with E-state index in [1.165, 1.54) is 24.3 Å². The minimum atomic E-state index is -0.318. The van der Waals surface area contributed by atoms with Gasteiger partial charge in [0.05, 0.1) is 13.7 Å². The molecule has 0 bridgehead atoms. The largest absolute Gasteiger partial charge is 0.496 e. The monoisotopic (exact) mass is 451 g/mol. The van der Waals surface area contributed by atoms with Gasteiger partial charge in [-0.15, -0.1) is 0 Å². The van der Waals surface area contributed by atoms with Gasteiger partial charge >= 0.3 is 0 Å². The Bertz CT molecular complexity index is 1180. The second-order valence-corrected chi connectivity index (χ2v) is 8.20. The van der Waals surface area contributed by atoms with Gasteiger partial charge in [-0.25, -0.2) is 4.63 Å². The summed E-state index contributed by atoms with van der Waals surface area (Å²) in [5, 5.41) is 10.4. The van der Waals surface area contributed by atoms with Gasteiger partial charge < -0.3 is 14.6 Å². The van der Waals surface area contributed by atoms with Crippen LogP contribution in [0.25, 0.3) is 0 Å². The number of pyridine rings is 1. The third-order valence-corrected chi connectivity index (χ3v) is 6.13. The van der Waals surface area contributed by atoms with E-state index in [0.717, 1.165) is 26.1 Å². The number of aryl methyl sites for hydroxylation is 2. The van der Waals surface area contributed by atoms with Crippen LogP contribution in [0.5, 0.6) is 5.75 Å². The zero-order chi connectivity index (χ0) is 23.4. The zero-order valence-electron chi connectivity index (χ0n) is 19.3. The van der Waals surface area contributed by atoms with Crippen molar-refractivity contribution >= 4 is 5.91 Å². The van der Waals surface area contributed by atoms with Gasteiger partial charge in [0, 0.05) is 44.4 Å². The SMILES string of the molecule is CCc1ccc(CN2CCc3c(C(=O)NCc4nonc4C)c(OC)cc(=O)n3CC2)cc1. The number of amides is 1. The van der Waals surface area contributed by atoms with Crippen LogP contribution in [-0.2, 0) is 32.5 Å². The Morgan fingerprint density at radius 1 is 1.15 bits per heavy atom. The van der Waals surface area contributed by atoms with Crippen molar-refractivity contribution in [3.8, 4) is 5.75 Å². The van der Waals surface area contributed by atoms with Crippen molar-refractivity contribution in [1.82, 2.24) is 25.1 Å². The van der Waals surface area contributed by atoms with Crippen LogP contribution >= 0.6 is 0 Å². The maximum absolute atomic E-state index is 13.2. The summed E-state index contributed by atoms with van der Waals surface area (Å²) >= 11 is 0. The molecule has 0 saturated heterocycles. The van der Waals surface area contributed by atoms with Crippen LogP contribution in [-0.4, -0.2) is 45.9 Å². The molecular weight excluding hydrogens is 422 g/mol. The van der Waals surface area contributed by atoms with Crippen molar-refractivity contribution in [3.63, 3.8) is 0 Å². The first kappa shape index (κ1) is 22.7. The fourth-order valence-corrected chi connectivity index (χ4v) is 4.16. The van der Waals surface area contributed by atoms with E-state index in [4.69, 9.17) is 9.37 Å². The van der Waals surface area contributed by atoms with Crippen LogP contribution in [0.4, 0.5) is 0 Å². The van der Waals surface area contributed by atoms with Crippen LogP contribution in [0.1, 0.15) is 45.5 Å². The molecule has 0 fully saturated rings. The number of fused-ring (bicyclic) bond motifs is 1. The maximum Gasteiger partial charge on any atom is 0.257 e. The molecule has 1 aliphatic heterocycles. The summed E-state index contributed by atoms with van der Waals surface area (Å²) in [5.74, 6) is -0.0380. The van der Waals surface area contributed by atoms with Gasteiger partial charge in [0.15, 0.2) is 0 Å². The normalized spacial score (nSPS) is 13.9. The molecule has 33 heavy (non-hydrogen) atoms. The second-order valence-electron chi connectivity index (χ2n) is 8.20. The summed E-state index contributed by atoms with van der Waals surface area (Å²) in [4.78, 5) is 28.3. The lowest BCUT2D eigenvalue weighted by Gasteiger charge is -2.19. The number of benzene rings is 1. The number of ether oxygens (including phenoxy) is 1. The molecule has 9 nitrogen and oxygen atoms in total. The van der Waals surface area contributed by atoms with E-state index < -0.39 is 0 Å². The van der Waals surface area contributed by atoms with Crippen molar-refractivity contribution < 1.29 is 14.2 Å². The van der Waals surface area contributed by atoms with E-state index in [2.05, 4.69) is 51.7 Å². The predicted molar refractivity (Wildman–Crippen MR) is 122 cm³/mol. The highest BCUT2D eigenvalue weighted by Gasteiger charge is 2.25. The summed E-state index contributed by atoms with van der Waals surface area (Å²) in [6.45, 7) is 6.84. The smallest absolute Gasteiger partial charge is 0.257 e. The third-order valence-electron chi connectivity index (χ3n) is 6.13. The lowest BCUT2D eigenvalue weighted by atomic mass is 10.1. The molecule has 4 rings (SSSR count). The summed E-state index contributed by atoms with van der Waals surface area (Å²) in [7, 11) is 1.47. The van der Waals surface area contributed by atoms with Crippen LogP contribution in [0.15, 0.2) is 39.8 Å². The Hall–Kier alpha value is -3.46. The van der Waals surface area contributed by atoms with Crippen molar-refractivity contribution in [3.05, 3.63) is 74.5 Å². The molecule has 0 radical (unpaired) electrons. The highest BCUT2D eigenvalue weighted by atomic mass is 16.6. The molecule has 9 heteroatoms. The first-order valence-corrected chi connectivity index (χ1v) is 11.2. The number of nitrogens with zero attached hydrogens (tertiary/aromatic N) is 4.